The monoisotopic (exact) mass is 362 g/mol. The van der Waals surface area contributed by atoms with Crippen LogP contribution in [0.2, 0.25) is 5.02 Å². The highest BCUT2D eigenvalue weighted by Gasteiger charge is 2.29. The molecular weight excluding hydrogens is 344 g/mol. The van der Waals surface area contributed by atoms with Crippen LogP contribution in [-0.2, 0) is 4.79 Å². The van der Waals surface area contributed by atoms with Gasteiger partial charge in [0, 0.05) is 24.0 Å². The number of rotatable bonds is 5. The maximum atomic E-state index is 12.8. The molecule has 1 aliphatic rings. The van der Waals surface area contributed by atoms with E-state index in [0.717, 1.165) is 24.9 Å². The molecule has 0 radical (unpaired) electrons. The Morgan fingerprint density at radius 2 is 2.16 bits per heavy atom. The maximum Gasteiger partial charge on any atom is 0.303 e. The molecule has 7 nitrogen and oxygen atoms in total. The van der Waals surface area contributed by atoms with Gasteiger partial charge in [-0.2, -0.15) is 0 Å². The number of nitrogens with zero attached hydrogens (tertiary/aromatic N) is 4. The molecule has 1 saturated heterocycles. The van der Waals surface area contributed by atoms with Crippen molar-refractivity contribution in [1.82, 2.24) is 19.9 Å². The van der Waals surface area contributed by atoms with Gasteiger partial charge >= 0.3 is 5.97 Å². The van der Waals surface area contributed by atoms with Crippen LogP contribution in [-0.4, -0.2) is 49.5 Å². The topological polar surface area (TPSA) is 88.3 Å². The molecule has 1 unspecified atom stereocenters. The summed E-state index contributed by atoms with van der Waals surface area (Å²) in [5, 5.41) is 17.5. The molecule has 0 aliphatic carbocycles. The van der Waals surface area contributed by atoms with Crippen molar-refractivity contribution in [3.05, 3.63) is 41.2 Å². The van der Waals surface area contributed by atoms with Crippen molar-refractivity contribution in [1.29, 1.82) is 0 Å². The van der Waals surface area contributed by atoms with Crippen LogP contribution in [0.4, 0.5) is 0 Å². The van der Waals surface area contributed by atoms with Crippen LogP contribution in [0.25, 0.3) is 5.69 Å². The molecule has 1 aromatic heterocycles. The van der Waals surface area contributed by atoms with Gasteiger partial charge in [-0.3, -0.25) is 9.59 Å². The van der Waals surface area contributed by atoms with Gasteiger partial charge in [-0.1, -0.05) is 22.9 Å². The molecule has 0 bridgehead atoms. The summed E-state index contributed by atoms with van der Waals surface area (Å²) < 4.78 is 1.51. The van der Waals surface area contributed by atoms with Crippen LogP contribution >= 0.6 is 11.6 Å². The summed E-state index contributed by atoms with van der Waals surface area (Å²) in [6.07, 6.45) is 4.84. The number of amides is 1. The molecule has 1 aromatic carbocycles. The molecule has 2 heterocycles. The van der Waals surface area contributed by atoms with E-state index < -0.39 is 5.97 Å². The zero-order valence-electron chi connectivity index (χ0n) is 13.6. The van der Waals surface area contributed by atoms with Crippen LogP contribution in [0.5, 0.6) is 0 Å². The van der Waals surface area contributed by atoms with Crippen LogP contribution in [0.1, 0.15) is 42.6 Å². The third-order valence-electron chi connectivity index (χ3n) is 4.36. The van der Waals surface area contributed by atoms with Crippen LogP contribution in [0.3, 0.4) is 0 Å². The van der Waals surface area contributed by atoms with E-state index in [4.69, 9.17) is 16.7 Å². The zero-order chi connectivity index (χ0) is 17.8. The normalized spacial score (nSPS) is 17.5. The lowest BCUT2D eigenvalue weighted by atomic mass is 9.97. The minimum Gasteiger partial charge on any atom is -0.481 e. The fourth-order valence-corrected chi connectivity index (χ4v) is 3.30. The number of likely N-dealkylation sites (tertiary alicyclic amines) is 1. The first-order chi connectivity index (χ1) is 12.0. The van der Waals surface area contributed by atoms with Gasteiger partial charge in [-0.15, -0.1) is 5.10 Å². The van der Waals surface area contributed by atoms with Crippen molar-refractivity contribution in [3.63, 3.8) is 0 Å². The van der Waals surface area contributed by atoms with E-state index in [0.29, 0.717) is 18.0 Å². The van der Waals surface area contributed by atoms with Crippen LogP contribution in [0, 0.1) is 0 Å². The van der Waals surface area contributed by atoms with Crippen molar-refractivity contribution in [3.8, 4) is 5.69 Å². The third-order valence-corrected chi connectivity index (χ3v) is 4.60. The molecule has 1 aliphatic heterocycles. The molecule has 1 amide bonds. The number of carboxylic acid groups (broad SMARTS) is 1. The second-order valence-corrected chi connectivity index (χ2v) is 6.55. The largest absolute Gasteiger partial charge is 0.481 e. The molecule has 2 aromatic rings. The Bertz CT molecular complexity index is 777. The molecule has 3 rings (SSSR count). The number of hydrogen-bond donors (Lipinski definition) is 1. The molecule has 132 valence electrons. The number of piperidine rings is 1. The first-order valence-electron chi connectivity index (χ1n) is 8.25. The first-order valence-corrected chi connectivity index (χ1v) is 8.63. The van der Waals surface area contributed by atoms with E-state index in [1.807, 2.05) is 6.07 Å². The Morgan fingerprint density at radius 3 is 2.92 bits per heavy atom. The number of halogens is 1. The van der Waals surface area contributed by atoms with E-state index in [1.165, 1.54) is 4.68 Å². The third kappa shape index (κ3) is 4.17. The van der Waals surface area contributed by atoms with Crippen LogP contribution in [0.15, 0.2) is 30.5 Å². The van der Waals surface area contributed by atoms with Gasteiger partial charge < -0.3 is 10.0 Å². The SMILES string of the molecule is O=C(O)CCC1CCCCN1C(=O)c1cn(-c2cccc(Cl)c2)nn1. The molecule has 1 atom stereocenters. The van der Waals surface area contributed by atoms with Crippen molar-refractivity contribution in [2.75, 3.05) is 6.54 Å². The Balaban J connectivity index is 1.76. The molecule has 0 spiro atoms. The number of aromatic nitrogens is 3. The van der Waals surface area contributed by atoms with Crippen molar-refractivity contribution < 1.29 is 14.7 Å². The molecule has 0 saturated carbocycles. The molecular formula is C17H19ClN4O3. The van der Waals surface area contributed by atoms with Gasteiger partial charge in [0.15, 0.2) is 5.69 Å². The lowest BCUT2D eigenvalue weighted by Gasteiger charge is -2.35. The van der Waals surface area contributed by atoms with Crippen molar-refractivity contribution in [2.24, 2.45) is 0 Å². The predicted molar refractivity (Wildman–Crippen MR) is 91.9 cm³/mol. The molecule has 1 N–H and O–H groups in total. The Kier molecular flexibility index (Phi) is 5.33. The predicted octanol–water partition coefficient (Wildman–Crippen LogP) is 2.78. The van der Waals surface area contributed by atoms with E-state index >= 15 is 0 Å². The van der Waals surface area contributed by atoms with E-state index in [9.17, 15) is 9.59 Å². The fourth-order valence-electron chi connectivity index (χ4n) is 3.11. The fraction of sp³-hybridized carbons (Fsp3) is 0.412. The van der Waals surface area contributed by atoms with Gasteiger partial charge in [0.25, 0.3) is 5.91 Å². The lowest BCUT2D eigenvalue weighted by molar-refractivity contribution is -0.137. The summed E-state index contributed by atoms with van der Waals surface area (Å²) in [6.45, 7) is 0.618. The highest BCUT2D eigenvalue weighted by atomic mass is 35.5. The Labute approximate surface area is 150 Å². The molecule has 25 heavy (non-hydrogen) atoms. The maximum absolute atomic E-state index is 12.8. The minimum atomic E-state index is -0.843. The summed E-state index contributed by atoms with van der Waals surface area (Å²) >= 11 is 5.98. The number of carbonyl (C=O) groups is 2. The first kappa shape index (κ1) is 17.4. The summed E-state index contributed by atoms with van der Waals surface area (Å²) in [5.74, 6) is -1.05. The molecule has 8 heteroatoms. The standard InChI is InChI=1S/C17H19ClN4O3/c18-12-4-3-6-14(10-12)22-11-15(19-20-22)17(25)21-9-2-1-5-13(21)7-8-16(23)24/h3-4,6,10-11,13H,1-2,5,7-9H2,(H,23,24). The van der Waals surface area contributed by atoms with E-state index in [1.54, 1.807) is 29.3 Å². The number of benzene rings is 1. The van der Waals surface area contributed by atoms with Gasteiger partial charge in [0.05, 0.1) is 11.9 Å². The van der Waals surface area contributed by atoms with E-state index in [2.05, 4.69) is 10.3 Å². The number of aliphatic carboxylic acids is 1. The van der Waals surface area contributed by atoms with Crippen LogP contribution < -0.4 is 0 Å². The Morgan fingerprint density at radius 1 is 1.32 bits per heavy atom. The highest BCUT2D eigenvalue weighted by Crippen LogP contribution is 2.23. The van der Waals surface area contributed by atoms with Gasteiger partial charge in [-0.05, 0) is 43.9 Å². The summed E-state index contributed by atoms with van der Waals surface area (Å²) in [6, 6.07) is 7.06. The summed E-state index contributed by atoms with van der Waals surface area (Å²) in [5.41, 5.74) is 0.974. The molecule has 1 fully saturated rings. The van der Waals surface area contributed by atoms with Gasteiger partial charge in [0.1, 0.15) is 0 Å². The Hall–Kier alpha value is -2.41. The quantitative estimate of drug-likeness (QED) is 0.883. The van der Waals surface area contributed by atoms with Crippen molar-refractivity contribution in [2.45, 2.75) is 38.1 Å². The second-order valence-electron chi connectivity index (χ2n) is 6.11. The zero-order valence-corrected chi connectivity index (χ0v) is 14.4. The average Bonchev–Trinajstić information content (AvgIpc) is 3.10. The van der Waals surface area contributed by atoms with Gasteiger partial charge in [0.2, 0.25) is 0 Å². The minimum absolute atomic E-state index is 0.0592. The summed E-state index contributed by atoms with van der Waals surface area (Å²) in [4.78, 5) is 25.4. The van der Waals surface area contributed by atoms with Gasteiger partial charge in [-0.25, -0.2) is 4.68 Å². The summed E-state index contributed by atoms with van der Waals surface area (Å²) in [7, 11) is 0. The number of carboxylic acids is 1. The number of carbonyl (C=O) groups excluding carboxylic acids is 1. The number of hydrogen-bond acceptors (Lipinski definition) is 4. The second kappa shape index (κ2) is 7.65. The van der Waals surface area contributed by atoms with E-state index in [-0.39, 0.29) is 24.1 Å². The lowest BCUT2D eigenvalue weighted by Crippen LogP contribution is -2.44. The highest BCUT2D eigenvalue weighted by molar-refractivity contribution is 6.30. The van der Waals surface area contributed by atoms with Crippen molar-refractivity contribution >= 4 is 23.5 Å². The average molecular weight is 363 g/mol. The smallest absolute Gasteiger partial charge is 0.303 e.